The van der Waals surface area contributed by atoms with Crippen LogP contribution in [-0.2, 0) is 4.74 Å². The molecule has 2 rings (SSSR count). The molecule has 0 aliphatic carbocycles. The fraction of sp³-hybridized carbons (Fsp3) is 0.647. The maximum absolute atomic E-state index is 12.9. The van der Waals surface area contributed by atoms with E-state index in [1.54, 1.807) is 12.1 Å². The molecule has 0 bridgehead atoms. The minimum absolute atomic E-state index is 0.0619. The van der Waals surface area contributed by atoms with Crippen molar-refractivity contribution >= 4 is 0 Å². The predicted octanol–water partition coefficient (Wildman–Crippen LogP) is 1.13. The lowest BCUT2D eigenvalue weighted by molar-refractivity contribution is -0.130. The van der Waals surface area contributed by atoms with E-state index in [4.69, 9.17) is 4.74 Å². The van der Waals surface area contributed by atoms with Crippen LogP contribution in [0.15, 0.2) is 24.3 Å². The first-order valence-electron chi connectivity index (χ1n) is 8.06. The number of rotatable bonds is 7. The van der Waals surface area contributed by atoms with E-state index in [0.717, 1.165) is 0 Å². The second-order valence-corrected chi connectivity index (χ2v) is 6.34. The highest BCUT2D eigenvalue weighted by atomic mass is 19.1. The van der Waals surface area contributed by atoms with Gasteiger partial charge in [0.2, 0.25) is 0 Å². The first-order chi connectivity index (χ1) is 10.9. The minimum Gasteiger partial charge on any atom is -0.389 e. The number of aliphatic hydroxyl groups excluding tert-OH is 2. The maximum atomic E-state index is 12.9. The molecule has 1 aromatic rings. The fourth-order valence-corrected chi connectivity index (χ4v) is 2.80. The smallest absolute Gasteiger partial charge is 0.123 e. The van der Waals surface area contributed by atoms with Gasteiger partial charge in [-0.2, -0.15) is 0 Å². The first kappa shape index (κ1) is 18.3. The van der Waals surface area contributed by atoms with Gasteiger partial charge in [0, 0.05) is 38.6 Å². The van der Waals surface area contributed by atoms with Crippen LogP contribution in [0, 0.1) is 5.82 Å². The van der Waals surface area contributed by atoms with Gasteiger partial charge >= 0.3 is 0 Å². The normalized spacial score (nSPS) is 21.6. The molecule has 0 spiro atoms. The van der Waals surface area contributed by atoms with Crippen LogP contribution in [0.1, 0.15) is 37.9 Å². The summed E-state index contributed by atoms with van der Waals surface area (Å²) in [5.74, 6) is -0.333. The molecule has 1 fully saturated rings. The Morgan fingerprint density at radius 2 is 1.83 bits per heavy atom. The monoisotopic (exact) mass is 327 g/mol. The molecule has 0 aromatic heterocycles. The minimum atomic E-state index is -1.11. The van der Waals surface area contributed by atoms with Crippen LogP contribution in [-0.4, -0.2) is 52.8 Å². The second-order valence-electron chi connectivity index (χ2n) is 6.34. The Bertz CT molecular complexity index is 476. The van der Waals surface area contributed by atoms with E-state index in [0.29, 0.717) is 38.0 Å². The number of hydrogen-bond donors (Lipinski definition) is 4. The van der Waals surface area contributed by atoms with Gasteiger partial charge in [-0.1, -0.05) is 12.1 Å². The summed E-state index contributed by atoms with van der Waals surface area (Å²) in [6.07, 6.45) is -0.316. The van der Waals surface area contributed by atoms with Crippen LogP contribution in [0.3, 0.4) is 0 Å². The maximum Gasteiger partial charge on any atom is 0.123 e. The van der Waals surface area contributed by atoms with Gasteiger partial charge in [-0.3, -0.25) is 0 Å². The molecule has 1 aromatic carbocycles. The van der Waals surface area contributed by atoms with Crippen LogP contribution in [0.2, 0.25) is 0 Å². The van der Waals surface area contributed by atoms with E-state index in [-0.39, 0.29) is 18.4 Å². The third-order valence-corrected chi connectivity index (χ3v) is 4.47. The molecule has 0 saturated carbocycles. The molecule has 1 aliphatic heterocycles. The van der Waals surface area contributed by atoms with E-state index < -0.39 is 17.8 Å². The summed E-state index contributed by atoms with van der Waals surface area (Å²) in [7, 11) is 0. The molecule has 23 heavy (non-hydrogen) atoms. The SMILES string of the molecule is CC(CC(O)c1ccc(F)cc1)NCC(O)C1(O)CCOCC1. The molecule has 0 amide bonds. The summed E-state index contributed by atoms with van der Waals surface area (Å²) in [4.78, 5) is 0. The van der Waals surface area contributed by atoms with Gasteiger partial charge in [0.15, 0.2) is 0 Å². The highest BCUT2D eigenvalue weighted by molar-refractivity contribution is 5.18. The van der Waals surface area contributed by atoms with Crippen LogP contribution < -0.4 is 5.32 Å². The van der Waals surface area contributed by atoms with E-state index >= 15 is 0 Å². The molecule has 130 valence electrons. The Morgan fingerprint density at radius 3 is 2.43 bits per heavy atom. The number of nitrogens with one attached hydrogen (secondary N) is 1. The standard InChI is InChI=1S/C17H26FNO4/c1-12(10-15(20)13-2-4-14(18)5-3-13)19-11-16(21)17(22)6-8-23-9-7-17/h2-5,12,15-16,19-22H,6-11H2,1H3. The lowest BCUT2D eigenvalue weighted by Crippen LogP contribution is -2.52. The zero-order chi connectivity index (χ0) is 16.9. The Morgan fingerprint density at radius 1 is 1.22 bits per heavy atom. The first-order valence-corrected chi connectivity index (χ1v) is 8.06. The Labute approximate surface area is 136 Å². The van der Waals surface area contributed by atoms with Gasteiger partial charge in [0.05, 0.1) is 17.8 Å². The van der Waals surface area contributed by atoms with E-state index in [1.807, 2.05) is 6.92 Å². The number of aliphatic hydroxyl groups is 3. The second kappa shape index (κ2) is 8.17. The summed E-state index contributed by atoms with van der Waals surface area (Å²) in [6.45, 7) is 3.04. The number of benzene rings is 1. The van der Waals surface area contributed by atoms with Crippen molar-refractivity contribution in [2.24, 2.45) is 0 Å². The highest BCUT2D eigenvalue weighted by Crippen LogP contribution is 2.24. The average Bonchev–Trinajstić information content (AvgIpc) is 2.53. The van der Waals surface area contributed by atoms with E-state index in [2.05, 4.69) is 5.32 Å². The topological polar surface area (TPSA) is 82.0 Å². The molecule has 6 heteroatoms. The van der Waals surface area contributed by atoms with E-state index in [1.165, 1.54) is 12.1 Å². The van der Waals surface area contributed by atoms with Crippen LogP contribution >= 0.6 is 0 Å². The molecule has 5 nitrogen and oxygen atoms in total. The van der Waals surface area contributed by atoms with Crippen molar-refractivity contribution in [2.45, 2.75) is 50.0 Å². The van der Waals surface area contributed by atoms with Gasteiger partial charge in [-0.05, 0) is 31.0 Å². The van der Waals surface area contributed by atoms with Crippen molar-refractivity contribution in [3.8, 4) is 0 Å². The largest absolute Gasteiger partial charge is 0.389 e. The molecule has 1 aliphatic rings. The van der Waals surface area contributed by atoms with Crippen molar-refractivity contribution in [1.82, 2.24) is 5.32 Å². The third-order valence-electron chi connectivity index (χ3n) is 4.47. The van der Waals surface area contributed by atoms with Gasteiger partial charge in [-0.25, -0.2) is 4.39 Å². The van der Waals surface area contributed by atoms with Crippen molar-refractivity contribution in [2.75, 3.05) is 19.8 Å². The molecular formula is C17H26FNO4. The molecule has 4 N–H and O–H groups in total. The van der Waals surface area contributed by atoms with Crippen molar-refractivity contribution in [1.29, 1.82) is 0 Å². The number of halogens is 1. The third kappa shape index (κ3) is 5.22. The molecule has 3 atom stereocenters. The number of hydrogen-bond acceptors (Lipinski definition) is 5. The van der Waals surface area contributed by atoms with Gasteiger partial charge in [0.1, 0.15) is 5.82 Å². The Kier molecular flexibility index (Phi) is 6.50. The summed E-state index contributed by atoms with van der Waals surface area (Å²) in [6, 6.07) is 5.70. The summed E-state index contributed by atoms with van der Waals surface area (Å²) in [5.41, 5.74) is -0.454. The Balaban J connectivity index is 1.77. The lowest BCUT2D eigenvalue weighted by atomic mass is 9.88. The zero-order valence-electron chi connectivity index (χ0n) is 13.4. The molecule has 1 saturated heterocycles. The molecular weight excluding hydrogens is 301 g/mol. The lowest BCUT2D eigenvalue weighted by Gasteiger charge is -2.36. The van der Waals surface area contributed by atoms with Gasteiger partial charge < -0.3 is 25.4 Å². The zero-order valence-corrected chi connectivity index (χ0v) is 13.4. The average molecular weight is 327 g/mol. The van der Waals surface area contributed by atoms with Gasteiger partial charge in [0.25, 0.3) is 0 Å². The van der Waals surface area contributed by atoms with Crippen LogP contribution in [0.5, 0.6) is 0 Å². The predicted molar refractivity (Wildman–Crippen MR) is 84.5 cm³/mol. The quantitative estimate of drug-likeness (QED) is 0.604. The summed E-state index contributed by atoms with van der Waals surface area (Å²) in [5, 5.41) is 33.9. The van der Waals surface area contributed by atoms with Crippen molar-refractivity contribution in [3.05, 3.63) is 35.6 Å². The van der Waals surface area contributed by atoms with Crippen molar-refractivity contribution in [3.63, 3.8) is 0 Å². The molecule has 3 unspecified atom stereocenters. The van der Waals surface area contributed by atoms with E-state index in [9.17, 15) is 19.7 Å². The summed E-state index contributed by atoms with van der Waals surface area (Å²) >= 11 is 0. The summed E-state index contributed by atoms with van der Waals surface area (Å²) < 4.78 is 18.1. The molecule has 1 heterocycles. The highest BCUT2D eigenvalue weighted by Gasteiger charge is 2.37. The fourth-order valence-electron chi connectivity index (χ4n) is 2.80. The van der Waals surface area contributed by atoms with Crippen molar-refractivity contribution < 1.29 is 24.4 Å². The number of ether oxygens (including phenoxy) is 1. The van der Waals surface area contributed by atoms with Crippen LogP contribution in [0.4, 0.5) is 4.39 Å². The van der Waals surface area contributed by atoms with Gasteiger partial charge in [-0.15, -0.1) is 0 Å². The Hall–Kier alpha value is -1.05. The molecule has 0 radical (unpaired) electrons. The van der Waals surface area contributed by atoms with Crippen LogP contribution in [0.25, 0.3) is 0 Å².